The van der Waals surface area contributed by atoms with E-state index in [2.05, 4.69) is 5.10 Å². The molecule has 1 amide bonds. The van der Waals surface area contributed by atoms with Gasteiger partial charge in [-0.3, -0.25) is 9.48 Å². The quantitative estimate of drug-likeness (QED) is 0.864. The first-order valence-corrected chi connectivity index (χ1v) is 8.42. The van der Waals surface area contributed by atoms with Gasteiger partial charge < -0.3 is 14.4 Å². The first kappa shape index (κ1) is 16.0. The predicted octanol–water partition coefficient (Wildman–Crippen LogP) is 2.32. The van der Waals surface area contributed by atoms with Crippen molar-refractivity contribution in [3.63, 3.8) is 0 Å². The van der Waals surface area contributed by atoms with E-state index in [-0.39, 0.29) is 11.9 Å². The highest BCUT2D eigenvalue weighted by Gasteiger charge is 2.34. The van der Waals surface area contributed by atoms with Gasteiger partial charge >= 0.3 is 0 Å². The number of ether oxygens (including phenoxy) is 2. The largest absolute Gasteiger partial charge is 0.495 e. The summed E-state index contributed by atoms with van der Waals surface area (Å²) in [5, 5.41) is 6.35. The maximum absolute atomic E-state index is 13.0. The number of morpholine rings is 1. The predicted molar refractivity (Wildman–Crippen MR) is 88.1 cm³/mol. The molecule has 1 aliphatic heterocycles. The molecule has 1 saturated heterocycles. The van der Waals surface area contributed by atoms with Gasteiger partial charge in [0.25, 0.3) is 5.91 Å². The van der Waals surface area contributed by atoms with Gasteiger partial charge in [-0.15, -0.1) is 11.3 Å². The van der Waals surface area contributed by atoms with Crippen LogP contribution in [0, 0.1) is 13.8 Å². The zero-order valence-corrected chi connectivity index (χ0v) is 14.6. The van der Waals surface area contributed by atoms with Crippen LogP contribution < -0.4 is 4.74 Å². The van der Waals surface area contributed by atoms with Crippen LogP contribution >= 0.6 is 11.3 Å². The van der Waals surface area contributed by atoms with Gasteiger partial charge in [0.15, 0.2) is 0 Å². The molecule has 3 rings (SSSR count). The molecule has 0 unspecified atom stereocenters. The third kappa shape index (κ3) is 2.74. The number of carbonyl (C=O) groups excluding carboxylic acids is 1. The molecule has 2 aromatic heterocycles. The summed E-state index contributed by atoms with van der Waals surface area (Å²) in [5.74, 6) is 0.623. The molecule has 3 heterocycles. The van der Waals surface area contributed by atoms with Gasteiger partial charge in [-0.25, -0.2) is 0 Å². The van der Waals surface area contributed by atoms with Crippen LogP contribution in [0.1, 0.15) is 32.7 Å². The molecule has 1 aliphatic rings. The van der Waals surface area contributed by atoms with Crippen molar-refractivity contribution in [2.75, 3.05) is 26.9 Å². The molecule has 2 aromatic rings. The van der Waals surface area contributed by atoms with E-state index in [4.69, 9.17) is 9.47 Å². The highest BCUT2D eigenvalue weighted by molar-refractivity contribution is 7.12. The molecule has 0 N–H and O–H groups in total. The number of thiophene rings is 1. The summed E-state index contributed by atoms with van der Waals surface area (Å²) >= 11 is 1.41. The summed E-state index contributed by atoms with van der Waals surface area (Å²) in [6.45, 7) is 5.61. The molecule has 0 bridgehead atoms. The summed E-state index contributed by atoms with van der Waals surface area (Å²) in [6.07, 6.45) is 0. The van der Waals surface area contributed by atoms with Crippen molar-refractivity contribution in [3.8, 4) is 5.75 Å². The Morgan fingerprint density at radius 2 is 2.26 bits per heavy atom. The third-order valence-corrected chi connectivity index (χ3v) is 5.21. The average Bonchev–Trinajstić information content (AvgIpc) is 3.12. The molecule has 124 valence electrons. The zero-order chi connectivity index (χ0) is 16.6. The second-order valence-electron chi connectivity index (χ2n) is 5.62. The van der Waals surface area contributed by atoms with E-state index in [1.165, 1.54) is 11.3 Å². The number of carbonyl (C=O) groups is 1. The van der Waals surface area contributed by atoms with Crippen molar-refractivity contribution >= 4 is 17.2 Å². The monoisotopic (exact) mass is 335 g/mol. The van der Waals surface area contributed by atoms with Crippen LogP contribution in [0.4, 0.5) is 0 Å². The van der Waals surface area contributed by atoms with Crippen molar-refractivity contribution in [1.29, 1.82) is 0 Å². The second-order valence-corrected chi connectivity index (χ2v) is 6.53. The minimum Gasteiger partial charge on any atom is -0.495 e. The fourth-order valence-corrected chi connectivity index (χ4v) is 3.92. The number of hydrogen-bond donors (Lipinski definition) is 0. The highest BCUT2D eigenvalue weighted by Crippen LogP contribution is 2.33. The SMILES string of the molecule is COc1ccsc1C(=O)N1CCOC[C@@H]1c1c(C)nn(C)c1C. The van der Waals surface area contributed by atoms with Gasteiger partial charge in [-0.05, 0) is 25.3 Å². The normalized spacial score (nSPS) is 18.3. The lowest BCUT2D eigenvalue weighted by Gasteiger charge is -2.36. The molecule has 23 heavy (non-hydrogen) atoms. The number of aryl methyl sites for hydroxylation is 2. The first-order valence-electron chi connectivity index (χ1n) is 7.55. The third-order valence-electron chi connectivity index (χ3n) is 4.33. The minimum atomic E-state index is -0.114. The average molecular weight is 335 g/mol. The molecular weight excluding hydrogens is 314 g/mol. The Morgan fingerprint density at radius 3 is 2.91 bits per heavy atom. The Bertz CT molecular complexity index is 722. The van der Waals surface area contributed by atoms with Crippen molar-refractivity contribution in [1.82, 2.24) is 14.7 Å². The maximum atomic E-state index is 13.0. The van der Waals surface area contributed by atoms with Crippen LogP contribution in [-0.4, -0.2) is 47.5 Å². The number of aromatic nitrogens is 2. The summed E-state index contributed by atoms with van der Waals surface area (Å²) in [5.41, 5.74) is 3.08. The van der Waals surface area contributed by atoms with E-state index in [1.54, 1.807) is 7.11 Å². The Kier molecular flexibility index (Phi) is 4.41. The Morgan fingerprint density at radius 1 is 1.48 bits per heavy atom. The van der Waals surface area contributed by atoms with Crippen LogP contribution in [0.15, 0.2) is 11.4 Å². The van der Waals surface area contributed by atoms with E-state index < -0.39 is 0 Å². The lowest BCUT2D eigenvalue weighted by molar-refractivity contribution is -0.00291. The van der Waals surface area contributed by atoms with Crippen LogP contribution in [-0.2, 0) is 11.8 Å². The summed E-state index contributed by atoms with van der Waals surface area (Å²) in [6, 6.07) is 1.71. The molecule has 0 saturated carbocycles. The van der Waals surface area contributed by atoms with Crippen LogP contribution in [0.3, 0.4) is 0 Å². The van der Waals surface area contributed by atoms with Gasteiger partial charge in [0.2, 0.25) is 0 Å². The van der Waals surface area contributed by atoms with Crippen molar-refractivity contribution in [2.24, 2.45) is 7.05 Å². The number of rotatable bonds is 3. The smallest absolute Gasteiger partial charge is 0.268 e. The second kappa shape index (κ2) is 6.33. The molecule has 1 atom stereocenters. The molecule has 0 radical (unpaired) electrons. The fraction of sp³-hybridized carbons (Fsp3) is 0.500. The molecule has 6 nitrogen and oxygen atoms in total. The van der Waals surface area contributed by atoms with Crippen LogP contribution in [0.5, 0.6) is 5.75 Å². The van der Waals surface area contributed by atoms with E-state index in [1.807, 2.05) is 41.9 Å². The van der Waals surface area contributed by atoms with E-state index in [0.717, 1.165) is 17.0 Å². The van der Waals surface area contributed by atoms with E-state index >= 15 is 0 Å². The number of methoxy groups -OCH3 is 1. The van der Waals surface area contributed by atoms with Gasteiger partial charge in [0.1, 0.15) is 10.6 Å². The Hall–Kier alpha value is -1.86. The van der Waals surface area contributed by atoms with Crippen molar-refractivity contribution in [3.05, 3.63) is 33.3 Å². The van der Waals surface area contributed by atoms with Gasteiger partial charge in [-0.2, -0.15) is 5.10 Å². The highest BCUT2D eigenvalue weighted by atomic mass is 32.1. The number of nitrogens with zero attached hydrogens (tertiary/aromatic N) is 3. The van der Waals surface area contributed by atoms with Crippen LogP contribution in [0.25, 0.3) is 0 Å². The molecule has 0 spiro atoms. The van der Waals surface area contributed by atoms with Crippen molar-refractivity contribution in [2.45, 2.75) is 19.9 Å². The van der Waals surface area contributed by atoms with Gasteiger partial charge in [-0.1, -0.05) is 0 Å². The maximum Gasteiger partial charge on any atom is 0.268 e. The molecule has 0 aromatic carbocycles. The van der Waals surface area contributed by atoms with E-state index in [9.17, 15) is 4.79 Å². The Balaban J connectivity index is 1.97. The van der Waals surface area contributed by atoms with Crippen LogP contribution in [0.2, 0.25) is 0 Å². The molecule has 7 heteroatoms. The first-order chi connectivity index (χ1) is 11.0. The molecule has 0 aliphatic carbocycles. The fourth-order valence-electron chi connectivity index (χ4n) is 3.10. The van der Waals surface area contributed by atoms with Crippen molar-refractivity contribution < 1.29 is 14.3 Å². The van der Waals surface area contributed by atoms with E-state index in [0.29, 0.717) is 30.4 Å². The number of amides is 1. The minimum absolute atomic E-state index is 0.00666. The summed E-state index contributed by atoms with van der Waals surface area (Å²) in [7, 11) is 3.51. The topological polar surface area (TPSA) is 56.6 Å². The standard InChI is InChI=1S/C16H21N3O3S/c1-10-14(11(2)18(3)17-10)12-9-22-7-6-19(12)16(20)15-13(21-4)5-8-23-15/h5,8,12H,6-7,9H2,1-4H3/t12-/m1/s1. The number of hydrogen-bond acceptors (Lipinski definition) is 5. The van der Waals surface area contributed by atoms with Gasteiger partial charge in [0, 0.05) is 24.8 Å². The Labute approximate surface area is 139 Å². The lowest BCUT2D eigenvalue weighted by atomic mass is 10.0. The lowest BCUT2D eigenvalue weighted by Crippen LogP contribution is -2.43. The zero-order valence-electron chi connectivity index (χ0n) is 13.8. The molecule has 1 fully saturated rings. The molecular formula is C16H21N3O3S. The summed E-state index contributed by atoms with van der Waals surface area (Å²) < 4.78 is 12.8. The van der Waals surface area contributed by atoms with Gasteiger partial charge in [0.05, 0.1) is 32.1 Å². The summed E-state index contributed by atoms with van der Waals surface area (Å²) in [4.78, 5) is 15.5.